The first-order valence-corrected chi connectivity index (χ1v) is 12.3. The minimum Gasteiger partial charge on any atom is -0.456 e. The molecular formula is C28H37FN6O3. The molecule has 0 atom stereocenters. The van der Waals surface area contributed by atoms with Crippen LogP contribution in [0.15, 0.2) is 73.3 Å². The zero-order valence-corrected chi connectivity index (χ0v) is 22.2. The van der Waals surface area contributed by atoms with E-state index in [1.165, 1.54) is 36.9 Å². The van der Waals surface area contributed by atoms with Gasteiger partial charge < -0.3 is 4.74 Å². The van der Waals surface area contributed by atoms with Gasteiger partial charge in [0, 0.05) is 33.9 Å². The van der Waals surface area contributed by atoms with Crippen molar-refractivity contribution in [3.05, 3.63) is 84.7 Å². The third kappa shape index (κ3) is 9.81. The Hall–Kier alpha value is -4.60. The zero-order chi connectivity index (χ0) is 27.9. The van der Waals surface area contributed by atoms with Crippen LogP contribution in [-0.2, 0) is 18.3 Å². The molecule has 0 unspecified atom stereocenters. The maximum atomic E-state index is 12.9. The summed E-state index contributed by atoms with van der Waals surface area (Å²) < 4.78 is 20.4. The fraction of sp³-hybridized carbons (Fsp3) is 0.250. The molecule has 3 aromatic heterocycles. The lowest BCUT2D eigenvalue weighted by atomic mass is 10.1. The Labute approximate surface area is 225 Å². The number of imide groups is 1. The number of anilines is 1. The number of amides is 3. The van der Waals surface area contributed by atoms with Gasteiger partial charge in [-0.15, -0.1) is 0 Å². The van der Waals surface area contributed by atoms with Gasteiger partial charge in [0.1, 0.15) is 23.1 Å². The van der Waals surface area contributed by atoms with Gasteiger partial charge in [0.15, 0.2) is 0 Å². The van der Waals surface area contributed by atoms with Crippen molar-refractivity contribution in [1.82, 2.24) is 25.1 Å². The summed E-state index contributed by atoms with van der Waals surface area (Å²) >= 11 is 0. The molecule has 0 radical (unpaired) electrons. The fourth-order valence-electron chi connectivity index (χ4n) is 2.94. The molecular weight excluding hydrogens is 487 g/mol. The minimum atomic E-state index is -0.724. The van der Waals surface area contributed by atoms with Gasteiger partial charge in [0.05, 0.1) is 24.5 Å². The highest BCUT2D eigenvalue weighted by molar-refractivity contribution is 6.01. The topological polar surface area (TPSA) is 111 Å². The largest absolute Gasteiger partial charge is 0.456 e. The van der Waals surface area contributed by atoms with Crippen LogP contribution in [0.4, 0.5) is 15.0 Å². The number of carbonyl (C=O) groups is 2. The number of urea groups is 1. The fourth-order valence-corrected chi connectivity index (χ4v) is 2.94. The van der Waals surface area contributed by atoms with Gasteiger partial charge in [-0.25, -0.2) is 14.2 Å². The molecule has 0 saturated heterocycles. The van der Waals surface area contributed by atoms with Gasteiger partial charge in [0.25, 0.3) is 0 Å². The van der Waals surface area contributed by atoms with Crippen molar-refractivity contribution < 1.29 is 21.6 Å². The quantitative estimate of drug-likeness (QED) is 0.293. The zero-order valence-electron chi connectivity index (χ0n) is 22.2. The smallest absolute Gasteiger partial charge is 0.327 e. The first kappa shape index (κ1) is 29.6. The number of nitrogens with one attached hydrogen (secondary N) is 2. The number of aromatic nitrogens is 4. The molecule has 0 bridgehead atoms. The lowest BCUT2D eigenvalue weighted by Crippen LogP contribution is -2.35. The number of rotatable bonds is 6. The number of pyridine rings is 2. The standard InChI is InChI=1S/C23H19FN6O3.C3H8.C2H6.2H2/c1-30-14-16(12-27-30)20-11-18(8-9-25-20)33-19-6-7-21(26-13-19)28-23(32)29-22(31)10-15-2-4-17(24)5-3-15;1-3-2;1-2;;/h2-9,11-14H,10H2,1H3,(H2,26,28,29,31,32);3H2,1-2H3;1-2H3;2*1H. The minimum absolute atomic E-state index is 0. The second-order valence-electron chi connectivity index (χ2n) is 7.77. The summed E-state index contributed by atoms with van der Waals surface area (Å²) in [5, 5.41) is 8.81. The molecule has 2 N–H and O–H groups in total. The van der Waals surface area contributed by atoms with Gasteiger partial charge in [-0.3, -0.25) is 25.1 Å². The van der Waals surface area contributed by atoms with Crippen molar-refractivity contribution in [3.8, 4) is 22.8 Å². The second-order valence-corrected chi connectivity index (χ2v) is 7.77. The highest BCUT2D eigenvalue weighted by atomic mass is 19.1. The highest BCUT2D eigenvalue weighted by Crippen LogP contribution is 2.25. The average molecular weight is 525 g/mol. The van der Waals surface area contributed by atoms with E-state index in [0.717, 1.165) is 5.56 Å². The summed E-state index contributed by atoms with van der Waals surface area (Å²) in [4.78, 5) is 32.4. The van der Waals surface area contributed by atoms with E-state index in [-0.39, 0.29) is 15.1 Å². The number of nitrogens with zero attached hydrogens (tertiary/aromatic N) is 4. The lowest BCUT2D eigenvalue weighted by molar-refractivity contribution is -0.119. The molecule has 9 nitrogen and oxygen atoms in total. The summed E-state index contributed by atoms with van der Waals surface area (Å²) in [6.45, 7) is 8.25. The van der Waals surface area contributed by atoms with E-state index >= 15 is 0 Å². The molecule has 4 aromatic rings. The Morgan fingerprint density at radius 3 is 2.32 bits per heavy atom. The van der Waals surface area contributed by atoms with E-state index < -0.39 is 17.8 Å². The molecule has 10 heteroatoms. The maximum absolute atomic E-state index is 12.9. The summed E-state index contributed by atoms with van der Waals surface area (Å²) in [7, 11) is 1.83. The van der Waals surface area contributed by atoms with Gasteiger partial charge in [-0.2, -0.15) is 5.10 Å². The predicted octanol–water partition coefficient (Wildman–Crippen LogP) is 6.63. The monoisotopic (exact) mass is 524 g/mol. The van der Waals surface area contributed by atoms with Gasteiger partial charge in [0.2, 0.25) is 5.91 Å². The summed E-state index contributed by atoms with van der Waals surface area (Å²) in [6, 6.07) is 11.4. The van der Waals surface area contributed by atoms with E-state index in [4.69, 9.17) is 4.74 Å². The molecule has 3 amide bonds. The first-order chi connectivity index (χ1) is 18.4. The number of ether oxygens (including phenoxy) is 1. The number of benzene rings is 1. The van der Waals surface area contributed by atoms with Crippen LogP contribution >= 0.6 is 0 Å². The van der Waals surface area contributed by atoms with Crippen molar-refractivity contribution in [3.63, 3.8) is 0 Å². The van der Waals surface area contributed by atoms with Gasteiger partial charge >= 0.3 is 6.03 Å². The first-order valence-electron chi connectivity index (χ1n) is 12.3. The summed E-state index contributed by atoms with van der Waals surface area (Å²) in [5.74, 6) is 0.335. The number of aryl methyl sites for hydroxylation is 1. The molecule has 0 aliphatic carbocycles. The van der Waals surface area contributed by atoms with Gasteiger partial charge in [-0.05, 0) is 35.9 Å². The van der Waals surface area contributed by atoms with Crippen LogP contribution in [-0.4, -0.2) is 31.7 Å². The molecule has 1 aromatic carbocycles. The van der Waals surface area contributed by atoms with E-state index in [2.05, 4.69) is 39.5 Å². The normalized spacial score (nSPS) is 9.74. The van der Waals surface area contributed by atoms with E-state index in [9.17, 15) is 14.0 Å². The van der Waals surface area contributed by atoms with Crippen LogP contribution in [0.3, 0.4) is 0 Å². The van der Waals surface area contributed by atoms with E-state index in [1.807, 2.05) is 27.1 Å². The molecule has 0 aliphatic heterocycles. The number of hydrogen-bond acceptors (Lipinski definition) is 6. The molecule has 0 spiro atoms. The van der Waals surface area contributed by atoms with Crippen molar-refractivity contribution in [2.45, 2.75) is 40.5 Å². The molecule has 4 rings (SSSR count). The summed E-state index contributed by atoms with van der Waals surface area (Å²) in [6.07, 6.45) is 7.84. The number of halogens is 1. The Balaban J connectivity index is 0.00000204. The van der Waals surface area contributed by atoms with Crippen molar-refractivity contribution in [2.75, 3.05) is 5.32 Å². The van der Waals surface area contributed by atoms with Crippen molar-refractivity contribution in [2.24, 2.45) is 7.05 Å². The molecule has 0 saturated carbocycles. The number of hydrogen-bond donors (Lipinski definition) is 2. The molecule has 38 heavy (non-hydrogen) atoms. The van der Waals surface area contributed by atoms with Crippen LogP contribution < -0.4 is 15.4 Å². The van der Waals surface area contributed by atoms with Crippen LogP contribution in [0.25, 0.3) is 11.3 Å². The third-order valence-corrected chi connectivity index (χ3v) is 4.48. The molecule has 3 heterocycles. The Morgan fingerprint density at radius 2 is 1.71 bits per heavy atom. The van der Waals surface area contributed by atoms with Crippen LogP contribution in [0, 0.1) is 5.82 Å². The average Bonchev–Trinajstić information content (AvgIpc) is 3.35. The van der Waals surface area contributed by atoms with Crippen molar-refractivity contribution in [1.29, 1.82) is 0 Å². The molecule has 0 fully saturated rings. The predicted molar refractivity (Wildman–Crippen MR) is 150 cm³/mol. The van der Waals surface area contributed by atoms with E-state index in [0.29, 0.717) is 22.8 Å². The van der Waals surface area contributed by atoms with Crippen LogP contribution in [0.1, 0.15) is 42.5 Å². The number of carbonyl (C=O) groups excluding carboxylic acids is 2. The molecule has 0 aliphatic rings. The summed E-state index contributed by atoms with van der Waals surface area (Å²) in [5.41, 5.74) is 2.17. The van der Waals surface area contributed by atoms with Crippen molar-refractivity contribution >= 4 is 17.8 Å². The highest BCUT2D eigenvalue weighted by Gasteiger charge is 2.10. The third-order valence-electron chi connectivity index (χ3n) is 4.48. The van der Waals surface area contributed by atoms with Crippen LogP contribution in [0.2, 0.25) is 0 Å². The maximum Gasteiger partial charge on any atom is 0.327 e. The van der Waals surface area contributed by atoms with Crippen LogP contribution in [0.5, 0.6) is 11.5 Å². The second kappa shape index (κ2) is 15.5. The van der Waals surface area contributed by atoms with Gasteiger partial charge in [-0.1, -0.05) is 46.2 Å². The molecule has 204 valence electrons. The Bertz CT molecular complexity index is 1300. The Kier molecular flexibility index (Phi) is 12.1. The van der Waals surface area contributed by atoms with E-state index in [1.54, 1.807) is 41.3 Å². The lowest BCUT2D eigenvalue weighted by Gasteiger charge is -2.09. The Morgan fingerprint density at radius 1 is 1.00 bits per heavy atom. The SMILES string of the molecule is CC.CCC.Cn1cc(-c2cc(Oc3ccc(NC(=O)NC(=O)Cc4ccc(F)cc4)nc3)ccn2)cn1.[HH].[HH].